The fourth-order valence-electron chi connectivity index (χ4n) is 0.981. The van der Waals surface area contributed by atoms with Gasteiger partial charge in [-0.05, 0) is 20.8 Å². The normalized spacial score (nSPS) is 10.9. The van der Waals surface area contributed by atoms with Crippen molar-refractivity contribution in [1.82, 2.24) is 10.3 Å². The Balaban J connectivity index is 4.44. The number of methoxy groups -OCH3 is 1. The van der Waals surface area contributed by atoms with Crippen LogP contribution < -0.4 is 11.3 Å². The monoisotopic (exact) mass is 247 g/mol. The topological polar surface area (TPSA) is 93.9 Å². The van der Waals surface area contributed by atoms with Gasteiger partial charge in [0.1, 0.15) is 12.1 Å². The molecule has 0 fully saturated rings. The SMILES string of the molecule is COC(=O)CN(CCNN)C(=O)OC(C)(C)C. The van der Waals surface area contributed by atoms with Crippen molar-refractivity contribution in [3.05, 3.63) is 0 Å². The molecule has 1 amide bonds. The molecule has 7 heteroatoms. The van der Waals surface area contributed by atoms with Crippen LogP contribution in [0.5, 0.6) is 0 Å². The van der Waals surface area contributed by atoms with Gasteiger partial charge in [-0.2, -0.15) is 0 Å². The number of hydrazine groups is 1. The molecule has 7 nitrogen and oxygen atoms in total. The van der Waals surface area contributed by atoms with Crippen LogP contribution >= 0.6 is 0 Å². The molecular weight excluding hydrogens is 226 g/mol. The second-order valence-corrected chi connectivity index (χ2v) is 4.43. The van der Waals surface area contributed by atoms with Gasteiger partial charge < -0.3 is 9.47 Å². The Morgan fingerprint density at radius 2 is 1.94 bits per heavy atom. The summed E-state index contributed by atoms with van der Waals surface area (Å²) in [6.45, 7) is 5.72. The van der Waals surface area contributed by atoms with E-state index in [1.54, 1.807) is 20.8 Å². The first-order valence-electron chi connectivity index (χ1n) is 5.28. The van der Waals surface area contributed by atoms with Gasteiger partial charge in [-0.1, -0.05) is 0 Å². The first-order valence-corrected chi connectivity index (χ1v) is 5.28. The average molecular weight is 247 g/mol. The van der Waals surface area contributed by atoms with E-state index < -0.39 is 17.7 Å². The smallest absolute Gasteiger partial charge is 0.410 e. The lowest BCUT2D eigenvalue weighted by atomic mass is 10.2. The van der Waals surface area contributed by atoms with Crippen LogP contribution in [0.1, 0.15) is 20.8 Å². The molecule has 0 aromatic rings. The van der Waals surface area contributed by atoms with Crippen LogP contribution in [0.25, 0.3) is 0 Å². The summed E-state index contributed by atoms with van der Waals surface area (Å²) < 4.78 is 9.65. The van der Waals surface area contributed by atoms with Crippen LogP contribution in [0.2, 0.25) is 0 Å². The van der Waals surface area contributed by atoms with Crippen molar-refractivity contribution in [2.45, 2.75) is 26.4 Å². The van der Waals surface area contributed by atoms with E-state index in [0.717, 1.165) is 0 Å². The number of ether oxygens (including phenoxy) is 2. The van der Waals surface area contributed by atoms with E-state index in [4.69, 9.17) is 10.6 Å². The average Bonchev–Trinajstić information content (AvgIpc) is 2.21. The molecule has 0 saturated carbocycles. The number of nitrogens with one attached hydrogen (secondary N) is 1. The van der Waals surface area contributed by atoms with E-state index in [0.29, 0.717) is 6.54 Å². The quantitative estimate of drug-likeness (QED) is 0.399. The highest BCUT2D eigenvalue weighted by Gasteiger charge is 2.23. The molecule has 0 aliphatic rings. The fraction of sp³-hybridized carbons (Fsp3) is 0.800. The van der Waals surface area contributed by atoms with Crippen molar-refractivity contribution in [3.63, 3.8) is 0 Å². The summed E-state index contributed by atoms with van der Waals surface area (Å²) in [6.07, 6.45) is -0.571. The van der Waals surface area contributed by atoms with Gasteiger partial charge >= 0.3 is 12.1 Å². The highest BCUT2D eigenvalue weighted by Crippen LogP contribution is 2.09. The van der Waals surface area contributed by atoms with E-state index in [1.165, 1.54) is 12.0 Å². The fourth-order valence-corrected chi connectivity index (χ4v) is 0.981. The Hall–Kier alpha value is -1.34. The van der Waals surface area contributed by atoms with Crippen molar-refractivity contribution >= 4 is 12.1 Å². The maximum atomic E-state index is 11.7. The second kappa shape index (κ2) is 7.08. The number of hydrogen-bond acceptors (Lipinski definition) is 6. The zero-order valence-corrected chi connectivity index (χ0v) is 10.8. The third-order valence-electron chi connectivity index (χ3n) is 1.73. The Bertz CT molecular complexity index is 263. The van der Waals surface area contributed by atoms with Gasteiger partial charge in [-0.3, -0.25) is 21.0 Å². The number of rotatable bonds is 5. The Kier molecular flexibility index (Phi) is 6.52. The van der Waals surface area contributed by atoms with Crippen LogP contribution in [-0.4, -0.2) is 49.3 Å². The standard InChI is InChI=1S/C10H21N3O4/c1-10(2,3)17-9(15)13(6-5-12-11)7-8(14)16-4/h12H,5-7,11H2,1-4H3. The highest BCUT2D eigenvalue weighted by molar-refractivity contribution is 5.78. The summed E-state index contributed by atoms with van der Waals surface area (Å²) in [5, 5.41) is 0. The Labute approximate surface area is 101 Å². The maximum absolute atomic E-state index is 11.7. The van der Waals surface area contributed by atoms with Gasteiger partial charge in [-0.25, -0.2) is 4.79 Å². The van der Waals surface area contributed by atoms with E-state index in [9.17, 15) is 9.59 Å². The molecule has 0 rings (SSSR count). The second-order valence-electron chi connectivity index (χ2n) is 4.43. The summed E-state index contributed by atoms with van der Waals surface area (Å²) in [5.41, 5.74) is 1.80. The van der Waals surface area contributed by atoms with E-state index in [-0.39, 0.29) is 13.1 Å². The molecule has 0 aliphatic carbocycles. The predicted octanol–water partition coefficient (Wildman–Crippen LogP) is -0.140. The summed E-state index contributed by atoms with van der Waals surface area (Å²) in [6, 6.07) is 0. The summed E-state index contributed by atoms with van der Waals surface area (Å²) in [5.74, 6) is 4.62. The molecule has 17 heavy (non-hydrogen) atoms. The molecule has 0 atom stereocenters. The molecule has 0 spiro atoms. The number of carbonyl (C=O) groups is 2. The lowest BCUT2D eigenvalue weighted by Gasteiger charge is -2.26. The van der Waals surface area contributed by atoms with Crippen LogP contribution in [0, 0.1) is 0 Å². The molecule has 0 unspecified atom stereocenters. The Morgan fingerprint density at radius 1 is 1.35 bits per heavy atom. The number of nitrogens with two attached hydrogens (primary N) is 1. The van der Waals surface area contributed by atoms with E-state index in [1.807, 2.05) is 0 Å². The third-order valence-corrected chi connectivity index (χ3v) is 1.73. The lowest BCUT2D eigenvalue weighted by molar-refractivity contribution is -0.141. The van der Waals surface area contributed by atoms with E-state index in [2.05, 4.69) is 10.2 Å². The van der Waals surface area contributed by atoms with Gasteiger partial charge in [0, 0.05) is 13.1 Å². The minimum absolute atomic E-state index is 0.160. The molecule has 0 aromatic heterocycles. The first-order chi connectivity index (χ1) is 7.80. The number of nitrogens with zero attached hydrogens (tertiary/aromatic N) is 1. The molecule has 0 saturated heterocycles. The van der Waals surface area contributed by atoms with Gasteiger partial charge in [0.05, 0.1) is 7.11 Å². The van der Waals surface area contributed by atoms with Crippen molar-refractivity contribution in [1.29, 1.82) is 0 Å². The number of carbonyl (C=O) groups excluding carboxylic acids is 2. The first kappa shape index (κ1) is 15.7. The predicted molar refractivity (Wildman–Crippen MR) is 62.0 cm³/mol. The summed E-state index contributed by atoms with van der Waals surface area (Å²) in [7, 11) is 1.26. The molecule has 0 aromatic carbocycles. The molecule has 0 bridgehead atoms. The van der Waals surface area contributed by atoms with Gasteiger partial charge in [0.2, 0.25) is 0 Å². The summed E-state index contributed by atoms with van der Waals surface area (Å²) >= 11 is 0. The lowest BCUT2D eigenvalue weighted by Crippen LogP contribution is -2.44. The van der Waals surface area contributed by atoms with Gasteiger partial charge in [0.15, 0.2) is 0 Å². The van der Waals surface area contributed by atoms with Crippen molar-refractivity contribution in [3.8, 4) is 0 Å². The zero-order chi connectivity index (χ0) is 13.5. The minimum atomic E-state index is -0.610. The molecular formula is C10H21N3O4. The number of hydrogen-bond donors (Lipinski definition) is 2. The maximum Gasteiger partial charge on any atom is 0.410 e. The van der Waals surface area contributed by atoms with Crippen LogP contribution in [0.15, 0.2) is 0 Å². The van der Waals surface area contributed by atoms with Crippen molar-refractivity contribution in [2.24, 2.45) is 5.84 Å². The summed E-state index contributed by atoms with van der Waals surface area (Å²) in [4.78, 5) is 24.1. The van der Waals surface area contributed by atoms with E-state index >= 15 is 0 Å². The number of amides is 1. The molecule has 0 heterocycles. The van der Waals surface area contributed by atoms with Gasteiger partial charge in [0.25, 0.3) is 0 Å². The molecule has 3 N–H and O–H groups in total. The largest absolute Gasteiger partial charge is 0.468 e. The van der Waals surface area contributed by atoms with Crippen LogP contribution in [0.3, 0.4) is 0 Å². The molecule has 0 radical (unpaired) electrons. The third kappa shape index (κ3) is 7.53. The zero-order valence-electron chi connectivity index (χ0n) is 10.8. The molecule has 0 aliphatic heterocycles. The Morgan fingerprint density at radius 3 is 2.35 bits per heavy atom. The van der Waals surface area contributed by atoms with Gasteiger partial charge in [-0.15, -0.1) is 0 Å². The highest BCUT2D eigenvalue weighted by atomic mass is 16.6. The number of esters is 1. The minimum Gasteiger partial charge on any atom is -0.468 e. The molecule has 100 valence electrons. The van der Waals surface area contributed by atoms with Crippen molar-refractivity contribution < 1.29 is 19.1 Å². The van der Waals surface area contributed by atoms with Crippen LogP contribution in [0.4, 0.5) is 4.79 Å². The van der Waals surface area contributed by atoms with Crippen molar-refractivity contribution in [2.75, 3.05) is 26.7 Å². The van der Waals surface area contributed by atoms with Crippen LogP contribution in [-0.2, 0) is 14.3 Å².